The van der Waals surface area contributed by atoms with Crippen molar-refractivity contribution in [3.05, 3.63) is 28.8 Å². The third kappa shape index (κ3) is 3.25. The van der Waals surface area contributed by atoms with Crippen LogP contribution < -0.4 is 5.32 Å². The quantitative estimate of drug-likeness (QED) is 0.905. The SMILES string of the molecule is CS(=O)(=O)c1cccc(Cl)c1CNCC1CCC1. The minimum Gasteiger partial charge on any atom is -0.312 e. The van der Waals surface area contributed by atoms with E-state index in [1.807, 2.05) is 0 Å². The number of benzene rings is 1. The summed E-state index contributed by atoms with van der Waals surface area (Å²) in [4.78, 5) is 0.330. The Balaban J connectivity index is 2.10. The first-order chi connectivity index (χ1) is 8.48. The maximum absolute atomic E-state index is 11.7. The van der Waals surface area contributed by atoms with Crippen molar-refractivity contribution in [3.8, 4) is 0 Å². The molecular formula is C13H18ClNO2S. The molecule has 0 amide bonds. The van der Waals surface area contributed by atoms with E-state index in [0.717, 1.165) is 12.5 Å². The Bertz CT molecular complexity index is 524. The van der Waals surface area contributed by atoms with Crippen molar-refractivity contribution in [2.24, 2.45) is 5.92 Å². The van der Waals surface area contributed by atoms with Crippen molar-refractivity contribution in [2.45, 2.75) is 30.7 Å². The monoisotopic (exact) mass is 287 g/mol. The van der Waals surface area contributed by atoms with Crippen molar-refractivity contribution in [1.29, 1.82) is 0 Å². The minimum absolute atomic E-state index is 0.330. The van der Waals surface area contributed by atoms with Crippen LogP contribution in [0.4, 0.5) is 0 Å². The first-order valence-corrected chi connectivity index (χ1v) is 8.43. The third-order valence-corrected chi connectivity index (χ3v) is 4.97. The number of sulfone groups is 1. The maximum atomic E-state index is 11.7. The Hall–Kier alpha value is -0.580. The van der Waals surface area contributed by atoms with Gasteiger partial charge in [-0.25, -0.2) is 8.42 Å². The van der Waals surface area contributed by atoms with E-state index in [1.165, 1.54) is 25.5 Å². The number of nitrogens with one attached hydrogen (secondary N) is 1. The zero-order valence-corrected chi connectivity index (χ0v) is 12.0. The molecule has 1 fully saturated rings. The van der Waals surface area contributed by atoms with Crippen LogP contribution in [0.5, 0.6) is 0 Å². The minimum atomic E-state index is -3.22. The molecule has 0 aromatic heterocycles. The van der Waals surface area contributed by atoms with Crippen molar-refractivity contribution >= 4 is 21.4 Å². The summed E-state index contributed by atoms with van der Waals surface area (Å²) >= 11 is 6.09. The first-order valence-electron chi connectivity index (χ1n) is 6.16. The molecule has 5 heteroatoms. The van der Waals surface area contributed by atoms with E-state index in [4.69, 9.17) is 11.6 Å². The van der Waals surface area contributed by atoms with Gasteiger partial charge >= 0.3 is 0 Å². The van der Waals surface area contributed by atoms with Gasteiger partial charge < -0.3 is 5.32 Å². The Morgan fingerprint density at radius 3 is 2.67 bits per heavy atom. The maximum Gasteiger partial charge on any atom is 0.175 e. The zero-order valence-electron chi connectivity index (χ0n) is 10.4. The van der Waals surface area contributed by atoms with Gasteiger partial charge in [-0.1, -0.05) is 24.1 Å². The van der Waals surface area contributed by atoms with Crippen LogP contribution >= 0.6 is 11.6 Å². The highest BCUT2D eigenvalue weighted by molar-refractivity contribution is 7.90. The normalized spacial score (nSPS) is 16.6. The summed E-state index contributed by atoms with van der Waals surface area (Å²) in [5.74, 6) is 0.745. The van der Waals surface area contributed by atoms with Gasteiger partial charge in [-0.05, 0) is 37.4 Å². The van der Waals surface area contributed by atoms with E-state index < -0.39 is 9.84 Å². The van der Waals surface area contributed by atoms with Gasteiger partial charge in [-0.15, -0.1) is 0 Å². The molecule has 0 aliphatic heterocycles. The molecule has 0 unspecified atom stereocenters. The second-order valence-corrected chi connectivity index (χ2v) is 7.31. The molecule has 2 rings (SSSR count). The lowest BCUT2D eigenvalue weighted by molar-refractivity contribution is 0.301. The van der Waals surface area contributed by atoms with Crippen LogP contribution in [0.2, 0.25) is 5.02 Å². The molecule has 0 saturated heterocycles. The molecule has 100 valence electrons. The van der Waals surface area contributed by atoms with Gasteiger partial charge in [-0.3, -0.25) is 0 Å². The molecule has 0 atom stereocenters. The standard InChI is InChI=1S/C13H18ClNO2S/c1-18(16,17)13-7-3-6-12(14)11(13)9-15-8-10-4-2-5-10/h3,6-7,10,15H,2,4-5,8-9H2,1H3. The average molecular weight is 288 g/mol. The van der Waals surface area contributed by atoms with E-state index in [0.29, 0.717) is 22.0 Å². The Kier molecular flexibility index (Phi) is 4.30. The molecule has 0 bridgehead atoms. The predicted octanol–water partition coefficient (Wildman–Crippen LogP) is 2.63. The van der Waals surface area contributed by atoms with Crippen LogP contribution in [0.3, 0.4) is 0 Å². The second-order valence-electron chi connectivity index (χ2n) is 4.92. The fraction of sp³-hybridized carbons (Fsp3) is 0.538. The van der Waals surface area contributed by atoms with Gasteiger partial charge in [0.25, 0.3) is 0 Å². The molecular weight excluding hydrogens is 270 g/mol. The van der Waals surface area contributed by atoms with Crippen molar-refractivity contribution in [1.82, 2.24) is 5.32 Å². The highest BCUT2D eigenvalue weighted by atomic mass is 35.5. The van der Waals surface area contributed by atoms with Gasteiger partial charge in [-0.2, -0.15) is 0 Å². The fourth-order valence-electron chi connectivity index (χ4n) is 2.16. The van der Waals surface area contributed by atoms with Crippen LogP contribution in [0.1, 0.15) is 24.8 Å². The van der Waals surface area contributed by atoms with Gasteiger partial charge in [0.1, 0.15) is 0 Å². The van der Waals surface area contributed by atoms with Crippen molar-refractivity contribution in [3.63, 3.8) is 0 Å². The van der Waals surface area contributed by atoms with E-state index in [9.17, 15) is 8.42 Å². The van der Waals surface area contributed by atoms with E-state index in [2.05, 4.69) is 5.32 Å². The van der Waals surface area contributed by atoms with Gasteiger partial charge in [0.15, 0.2) is 9.84 Å². The van der Waals surface area contributed by atoms with E-state index in [1.54, 1.807) is 18.2 Å². The fourth-order valence-corrected chi connectivity index (χ4v) is 3.41. The lowest BCUT2D eigenvalue weighted by atomic mass is 9.85. The lowest BCUT2D eigenvalue weighted by Gasteiger charge is -2.25. The molecule has 18 heavy (non-hydrogen) atoms. The Labute approximate surface area is 113 Å². The lowest BCUT2D eigenvalue weighted by Crippen LogP contribution is -2.27. The van der Waals surface area contributed by atoms with Crippen LogP contribution in [-0.4, -0.2) is 21.2 Å². The zero-order chi connectivity index (χ0) is 13.2. The van der Waals surface area contributed by atoms with Gasteiger partial charge in [0.05, 0.1) is 4.90 Å². The van der Waals surface area contributed by atoms with Crippen molar-refractivity contribution in [2.75, 3.05) is 12.8 Å². The number of hydrogen-bond donors (Lipinski definition) is 1. The highest BCUT2D eigenvalue weighted by Gasteiger charge is 2.18. The van der Waals surface area contributed by atoms with Gasteiger partial charge in [0, 0.05) is 23.4 Å². The third-order valence-electron chi connectivity index (χ3n) is 3.43. The van der Waals surface area contributed by atoms with E-state index >= 15 is 0 Å². The predicted molar refractivity (Wildman–Crippen MR) is 73.6 cm³/mol. The van der Waals surface area contributed by atoms with Crippen LogP contribution in [0, 0.1) is 5.92 Å². The summed E-state index contributed by atoms with van der Waals surface area (Å²) in [7, 11) is -3.22. The Morgan fingerprint density at radius 1 is 1.39 bits per heavy atom. The van der Waals surface area contributed by atoms with Crippen LogP contribution in [0.15, 0.2) is 23.1 Å². The number of hydrogen-bond acceptors (Lipinski definition) is 3. The molecule has 0 spiro atoms. The molecule has 1 aromatic carbocycles. The molecule has 3 nitrogen and oxygen atoms in total. The summed E-state index contributed by atoms with van der Waals surface area (Å²) in [5.41, 5.74) is 0.681. The topological polar surface area (TPSA) is 46.2 Å². The average Bonchev–Trinajstić information content (AvgIpc) is 2.22. The summed E-state index contributed by atoms with van der Waals surface area (Å²) in [6, 6.07) is 5.02. The molecule has 0 heterocycles. The number of rotatable bonds is 5. The highest BCUT2D eigenvalue weighted by Crippen LogP contribution is 2.26. The Morgan fingerprint density at radius 2 is 2.11 bits per heavy atom. The summed E-state index contributed by atoms with van der Waals surface area (Å²) in [6.45, 7) is 1.45. The summed E-state index contributed by atoms with van der Waals surface area (Å²) in [6.07, 6.45) is 5.07. The molecule has 1 saturated carbocycles. The summed E-state index contributed by atoms with van der Waals surface area (Å²) in [5, 5.41) is 3.82. The van der Waals surface area contributed by atoms with Gasteiger partial charge in [0.2, 0.25) is 0 Å². The first kappa shape index (κ1) is 13.8. The largest absolute Gasteiger partial charge is 0.312 e. The molecule has 1 N–H and O–H groups in total. The van der Waals surface area contributed by atoms with Crippen molar-refractivity contribution < 1.29 is 8.42 Å². The molecule has 1 aliphatic carbocycles. The molecule has 0 radical (unpaired) electrons. The smallest absolute Gasteiger partial charge is 0.175 e. The van der Waals surface area contributed by atoms with Crippen LogP contribution in [0.25, 0.3) is 0 Å². The number of halogens is 1. The summed E-state index contributed by atoms with van der Waals surface area (Å²) < 4.78 is 23.4. The van der Waals surface area contributed by atoms with E-state index in [-0.39, 0.29) is 0 Å². The second kappa shape index (κ2) is 5.59. The molecule has 1 aliphatic rings. The molecule has 1 aromatic rings. The van der Waals surface area contributed by atoms with Crippen LogP contribution in [-0.2, 0) is 16.4 Å².